The lowest BCUT2D eigenvalue weighted by atomic mass is 9.92. The first-order valence-corrected chi connectivity index (χ1v) is 6.57. The third-order valence-corrected chi connectivity index (χ3v) is 3.32. The molecule has 1 atom stereocenters. The van der Waals surface area contributed by atoms with E-state index in [1.165, 1.54) is 6.92 Å². The largest absolute Gasteiger partial charge is 0.465 e. The van der Waals surface area contributed by atoms with E-state index < -0.39 is 68.9 Å². The van der Waals surface area contributed by atoms with E-state index in [9.17, 15) is 35.5 Å². The lowest BCUT2D eigenvalue weighted by Gasteiger charge is -2.16. The summed E-state index contributed by atoms with van der Waals surface area (Å²) < 4.78 is 101. The van der Waals surface area contributed by atoms with Crippen molar-refractivity contribution in [2.24, 2.45) is 0 Å². The molecule has 0 bridgehead atoms. The van der Waals surface area contributed by atoms with E-state index in [1.807, 2.05) is 0 Å². The van der Waals surface area contributed by atoms with Crippen LogP contribution in [0.2, 0.25) is 0 Å². The SMILES string of the molecule is CCOC(=O)C(C#N)c1c(F)c(F)c(F)c2c(F)c(F)c(F)c(F)c12. The van der Waals surface area contributed by atoms with E-state index in [4.69, 9.17) is 5.26 Å². The van der Waals surface area contributed by atoms with Crippen molar-refractivity contribution in [1.29, 1.82) is 5.26 Å². The molecule has 0 amide bonds. The Labute approximate surface area is 135 Å². The molecule has 0 radical (unpaired) electrons. The molecule has 25 heavy (non-hydrogen) atoms. The molecule has 0 aliphatic heterocycles. The lowest BCUT2D eigenvalue weighted by Crippen LogP contribution is -2.19. The van der Waals surface area contributed by atoms with Crippen LogP contribution in [0.25, 0.3) is 10.8 Å². The Hall–Kier alpha value is -2.83. The van der Waals surface area contributed by atoms with E-state index in [0.717, 1.165) is 6.07 Å². The van der Waals surface area contributed by atoms with Crippen molar-refractivity contribution in [3.05, 3.63) is 46.3 Å². The Morgan fingerprint density at radius 3 is 1.76 bits per heavy atom. The van der Waals surface area contributed by atoms with Gasteiger partial charge in [-0.25, -0.2) is 30.7 Å². The van der Waals surface area contributed by atoms with Gasteiger partial charge in [0, 0.05) is 10.9 Å². The average molecular weight is 365 g/mol. The maximum Gasteiger partial charge on any atom is 0.328 e. The summed E-state index contributed by atoms with van der Waals surface area (Å²) in [5, 5.41) is 5.61. The molecule has 0 fully saturated rings. The number of carbonyl (C=O) groups is 1. The fourth-order valence-corrected chi connectivity index (χ4v) is 2.26. The zero-order valence-corrected chi connectivity index (χ0v) is 12.2. The summed E-state index contributed by atoms with van der Waals surface area (Å²) in [4.78, 5) is 11.7. The van der Waals surface area contributed by atoms with Crippen LogP contribution in [0.4, 0.5) is 30.7 Å². The van der Waals surface area contributed by atoms with Gasteiger partial charge in [0.1, 0.15) is 0 Å². The van der Waals surface area contributed by atoms with Gasteiger partial charge in [-0.3, -0.25) is 4.79 Å². The molecule has 2 aromatic carbocycles. The highest BCUT2D eigenvalue weighted by atomic mass is 19.2. The Kier molecular flexibility index (Phi) is 4.87. The Bertz CT molecular complexity index is 928. The van der Waals surface area contributed by atoms with E-state index >= 15 is 0 Å². The maximum absolute atomic E-state index is 14.1. The second-order valence-electron chi connectivity index (χ2n) is 4.68. The van der Waals surface area contributed by atoms with Crippen LogP contribution >= 0.6 is 0 Å². The Morgan fingerprint density at radius 1 is 0.880 bits per heavy atom. The first-order valence-electron chi connectivity index (χ1n) is 6.57. The van der Waals surface area contributed by atoms with Gasteiger partial charge in [-0.05, 0) is 6.92 Å². The van der Waals surface area contributed by atoms with Crippen molar-refractivity contribution >= 4 is 16.7 Å². The van der Waals surface area contributed by atoms with Crippen LogP contribution in [0.15, 0.2) is 0 Å². The monoisotopic (exact) mass is 365 g/mol. The van der Waals surface area contributed by atoms with Crippen molar-refractivity contribution in [2.75, 3.05) is 6.61 Å². The number of nitrogens with zero attached hydrogens (tertiary/aromatic N) is 1. The first-order chi connectivity index (χ1) is 11.7. The molecule has 1 unspecified atom stereocenters. The van der Waals surface area contributed by atoms with Gasteiger partial charge in [0.2, 0.25) is 0 Å². The van der Waals surface area contributed by atoms with Gasteiger partial charge in [0.05, 0.1) is 18.1 Å². The molecule has 0 saturated heterocycles. The fraction of sp³-hybridized carbons (Fsp3) is 0.200. The molecule has 2 rings (SSSR count). The molecule has 3 nitrogen and oxygen atoms in total. The number of halogens is 7. The molecule has 0 aliphatic carbocycles. The zero-order valence-electron chi connectivity index (χ0n) is 12.2. The normalized spacial score (nSPS) is 12.1. The highest BCUT2D eigenvalue weighted by molar-refractivity contribution is 5.94. The highest BCUT2D eigenvalue weighted by Gasteiger charge is 2.36. The number of hydrogen-bond acceptors (Lipinski definition) is 3. The van der Waals surface area contributed by atoms with Crippen LogP contribution in [0.5, 0.6) is 0 Å². The quantitative estimate of drug-likeness (QED) is 0.358. The summed E-state index contributed by atoms with van der Waals surface area (Å²) in [5.41, 5.74) is -1.50. The van der Waals surface area contributed by atoms with Gasteiger partial charge in [-0.15, -0.1) is 0 Å². The Morgan fingerprint density at radius 2 is 1.32 bits per heavy atom. The van der Waals surface area contributed by atoms with Crippen molar-refractivity contribution < 1.29 is 40.3 Å². The van der Waals surface area contributed by atoms with E-state index in [-0.39, 0.29) is 6.61 Å². The number of rotatable bonds is 3. The molecular weight excluding hydrogens is 359 g/mol. The number of fused-ring (bicyclic) bond motifs is 1. The van der Waals surface area contributed by atoms with Gasteiger partial charge >= 0.3 is 5.97 Å². The maximum atomic E-state index is 14.1. The molecule has 132 valence electrons. The van der Waals surface area contributed by atoms with E-state index in [2.05, 4.69) is 4.74 Å². The minimum Gasteiger partial charge on any atom is -0.465 e. The number of carbonyl (C=O) groups excluding carboxylic acids is 1. The third-order valence-electron chi connectivity index (χ3n) is 3.32. The standard InChI is InChI=1S/C15H6F7NO2/c1-2-25-15(24)4(3-23)5-6-7(10(18)12(20)8(5)16)11(19)14(22)13(21)9(6)17/h4H,2H2,1H3. The summed E-state index contributed by atoms with van der Waals surface area (Å²) in [5.74, 6) is -20.4. The van der Waals surface area contributed by atoms with Gasteiger partial charge in [-0.2, -0.15) is 5.26 Å². The minimum atomic E-state index is -2.47. The molecule has 0 aliphatic rings. The second-order valence-corrected chi connectivity index (χ2v) is 4.68. The molecule has 0 heterocycles. The van der Waals surface area contributed by atoms with E-state index in [1.54, 1.807) is 0 Å². The fourth-order valence-electron chi connectivity index (χ4n) is 2.26. The summed E-state index contributed by atoms with van der Waals surface area (Å²) in [7, 11) is 0. The number of nitriles is 1. The first kappa shape index (κ1) is 18.5. The average Bonchev–Trinajstić information content (AvgIpc) is 2.58. The summed E-state index contributed by atoms with van der Waals surface area (Å²) in [6.45, 7) is 0.974. The van der Waals surface area contributed by atoms with Gasteiger partial charge in [0.15, 0.2) is 46.6 Å². The molecule has 2 aromatic rings. The predicted molar refractivity (Wildman–Crippen MR) is 68.6 cm³/mol. The zero-order chi connectivity index (χ0) is 19.0. The van der Waals surface area contributed by atoms with Gasteiger partial charge < -0.3 is 4.74 Å². The molecule has 0 saturated carbocycles. The van der Waals surface area contributed by atoms with Crippen molar-refractivity contribution in [3.63, 3.8) is 0 Å². The number of hydrogen-bond donors (Lipinski definition) is 0. The lowest BCUT2D eigenvalue weighted by molar-refractivity contribution is -0.143. The molecule has 0 aromatic heterocycles. The van der Waals surface area contributed by atoms with Crippen LogP contribution in [-0.2, 0) is 9.53 Å². The van der Waals surface area contributed by atoms with Crippen LogP contribution in [0.3, 0.4) is 0 Å². The number of benzene rings is 2. The Balaban J connectivity index is 3.08. The summed E-state index contributed by atoms with van der Waals surface area (Å²) in [6.07, 6.45) is 0. The predicted octanol–water partition coefficient (Wildman–Crippen LogP) is 3.98. The minimum absolute atomic E-state index is 0.319. The highest BCUT2D eigenvalue weighted by Crippen LogP contribution is 2.38. The molecular formula is C15H6F7NO2. The topological polar surface area (TPSA) is 50.1 Å². The van der Waals surface area contributed by atoms with Gasteiger partial charge in [-0.1, -0.05) is 0 Å². The summed E-state index contributed by atoms with van der Waals surface area (Å²) >= 11 is 0. The third kappa shape index (κ3) is 2.65. The van der Waals surface area contributed by atoms with Crippen LogP contribution in [0, 0.1) is 52.1 Å². The van der Waals surface area contributed by atoms with Crippen LogP contribution < -0.4 is 0 Å². The van der Waals surface area contributed by atoms with Crippen LogP contribution in [0.1, 0.15) is 18.4 Å². The van der Waals surface area contributed by atoms with E-state index in [0.29, 0.717) is 0 Å². The smallest absolute Gasteiger partial charge is 0.328 e. The summed E-state index contributed by atoms with van der Waals surface area (Å²) in [6, 6.07) is 1.15. The van der Waals surface area contributed by atoms with Crippen molar-refractivity contribution in [2.45, 2.75) is 12.8 Å². The van der Waals surface area contributed by atoms with Crippen molar-refractivity contribution in [1.82, 2.24) is 0 Å². The second kappa shape index (κ2) is 6.58. The molecule has 0 N–H and O–H groups in total. The number of esters is 1. The molecule has 0 spiro atoms. The molecule has 10 heteroatoms. The number of ether oxygens (including phenoxy) is 1. The van der Waals surface area contributed by atoms with Crippen LogP contribution in [-0.4, -0.2) is 12.6 Å². The van der Waals surface area contributed by atoms with Crippen molar-refractivity contribution in [3.8, 4) is 6.07 Å². The van der Waals surface area contributed by atoms with Gasteiger partial charge in [0.25, 0.3) is 0 Å².